The number of carbonyl (C=O) groups is 1. The fourth-order valence-electron chi connectivity index (χ4n) is 2.69. The molecular formula is C14H18Br2N2OS. The molecule has 2 fully saturated rings. The van der Waals surface area contributed by atoms with Crippen LogP contribution in [0.25, 0.3) is 0 Å². The van der Waals surface area contributed by atoms with Crippen LogP contribution in [0, 0.1) is 0 Å². The van der Waals surface area contributed by atoms with E-state index in [1.165, 1.54) is 30.6 Å². The first-order valence-electron chi connectivity index (χ1n) is 7.14. The average Bonchev–Trinajstić information content (AvgIpc) is 3.23. The number of halogens is 2. The Bertz CT molecular complexity index is 476. The first kappa shape index (κ1) is 15.0. The summed E-state index contributed by atoms with van der Waals surface area (Å²) in [6, 6.07) is 2.87. The molecule has 2 heterocycles. The largest absolute Gasteiger partial charge is 0.333 e. The zero-order valence-corrected chi connectivity index (χ0v) is 15.2. The van der Waals surface area contributed by atoms with Gasteiger partial charge in [-0.1, -0.05) is 6.42 Å². The van der Waals surface area contributed by atoms with E-state index in [4.69, 9.17) is 0 Å². The zero-order chi connectivity index (χ0) is 14.1. The predicted molar refractivity (Wildman–Crippen MR) is 89.4 cm³/mol. The average molecular weight is 422 g/mol. The molecule has 1 aliphatic carbocycles. The maximum atomic E-state index is 12.7. The molecule has 3 nitrogen and oxygen atoms in total. The summed E-state index contributed by atoms with van der Waals surface area (Å²) in [7, 11) is 0. The van der Waals surface area contributed by atoms with E-state index in [-0.39, 0.29) is 5.91 Å². The van der Waals surface area contributed by atoms with Crippen LogP contribution in [0.2, 0.25) is 0 Å². The summed E-state index contributed by atoms with van der Waals surface area (Å²) < 4.78 is 1.96. The van der Waals surface area contributed by atoms with E-state index in [0.717, 1.165) is 39.1 Å². The Morgan fingerprint density at radius 2 is 2.15 bits per heavy atom. The second-order valence-corrected chi connectivity index (χ2v) is 8.79. The quantitative estimate of drug-likeness (QED) is 0.796. The van der Waals surface area contributed by atoms with Crippen molar-refractivity contribution in [3.05, 3.63) is 19.2 Å². The van der Waals surface area contributed by atoms with Gasteiger partial charge in [0.15, 0.2) is 0 Å². The van der Waals surface area contributed by atoms with E-state index < -0.39 is 0 Å². The number of hydrogen-bond donors (Lipinski definition) is 1. The summed E-state index contributed by atoms with van der Waals surface area (Å²) >= 11 is 8.45. The molecule has 2 aliphatic rings. The lowest BCUT2D eigenvalue weighted by molar-refractivity contribution is 0.0723. The molecule has 1 N–H and O–H groups in total. The van der Waals surface area contributed by atoms with Crippen LogP contribution in [0.5, 0.6) is 0 Å². The van der Waals surface area contributed by atoms with Crippen molar-refractivity contribution in [2.75, 3.05) is 13.1 Å². The van der Waals surface area contributed by atoms with Crippen LogP contribution < -0.4 is 5.32 Å². The topological polar surface area (TPSA) is 32.3 Å². The van der Waals surface area contributed by atoms with Gasteiger partial charge < -0.3 is 10.2 Å². The van der Waals surface area contributed by atoms with Gasteiger partial charge >= 0.3 is 0 Å². The molecule has 1 saturated heterocycles. The summed E-state index contributed by atoms with van der Waals surface area (Å²) in [6.45, 7) is 1.95. The molecular weight excluding hydrogens is 404 g/mol. The molecule has 1 amide bonds. The van der Waals surface area contributed by atoms with Gasteiger partial charge in [-0.15, -0.1) is 11.3 Å². The molecule has 3 rings (SSSR count). The van der Waals surface area contributed by atoms with Crippen molar-refractivity contribution in [2.45, 2.75) is 44.2 Å². The zero-order valence-electron chi connectivity index (χ0n) is 11.2. The standard InChI is InChI=1S/C14H18Br2N2OS/c15-11-7-12(20-13(11)16)14(19)18(10-4-5-10)8-9-3-1-2-6-17-9/h7,9-10,17H,1-6,8H2. The third-order valence-electron chi connectivity index (χ3n) is 3.93. The number of amides is 1. The van der Waals surface area contributed by atoms with Crippen LogP contribution >= 0.6 is 43.2 Å². The molecule has 1 aliphatic heterocycles. The Kier molecular flexibility index (Phi) is 4.85. The van der Waals surface area contributed by atoms with Gasteiger partial charge in [0.05, 0.1) is 8.66 Å². The lowest BCUT2D eigenvalue weighted by atomic mass is 10.0. The Labute approximate surface area is 140 Å². The van der Waals surface area contributed by atoms with Crippen molar-refractivity contribution >= 4 is 49.1 Å². The highest BCUT2D eigenvalue weighted by Gasteiger charge is 2.35. The molecule has 1 aromatic heterocycles. The van der Waals surface area contributed by atoms with Crippen molar-refractivity contribution in [1.29, 1.82) is 0 Å². The minimum atomic E-state index is 0.191. The highest BCUT2D eigenvalue weighted by Crippen LogP contribution is 2.35. The van der Waals surface area contributed by atoms with Gasteiger partial charge in [-0.05, 0) is 70.2 Å². The van der Waals surface area contributed by atoms with E-state index in [1.54, 1.807) is 0 Å². The molecule has 1 saturated carbocycles. The highest BCUT2D eigenvalue weighted by atomic mass is 79.9. The Hall–Kier alpha value is 0.0900. The highest BCUT2D eigenvalue weighted by molar-refractivity contribution is 9.13. The molecule has 6 heteroatoms. The minimum absolute atomic E-state index is 0.191. The second kappa shape index (κ2) is 6.46. The van der Waals surface area contributed by atoms with Gasteiger partial charge in [0.25, 0.3) is 5.91 Å². The Morgan fingerprint density at radius 1 is 1.35 bits per heavy atom. The molecule has 0 aromatic carbocycles. The molecule has 110 valence electrons. The predicted octanol–water partition coefficient (Wildman–Crippen LogP) is 4.02. The fraction of sp³-hybridized carbons (Fsp3) is 0.643. The van der Waals surface area contributed by atoms with Crippen molar-refractivity contribution in [2.24, 2.45) is 0 Å². The van der Waals surface area contributed by atoms with E-state index >= 15 is 0 Å². The minimum Gasteiger partial charge on any atom is -0.333 e. The van der Waals surface area contributed by atoms with Gasteiger partial charge in [0.1, 0.15) is 0 Å². The maximum absolute atomic E-state index is 12.7. The van der Waals surface area contributed by atoms with Gasteiger partial charge in [-0.3, -0.25) is 4.79 Å². The summed E-state index contributed by atoms with van der Waals surface area (Å²) in [5.41, 5.74) is 0. The van der Waals surface area contributed by atoms with Crippen molar-refractivity contribution in [3.8, 4) is 0 Å². The second-order valence-electron chi connectivity index (χ2n) is 5.57. The van der Waals surface area contributed by atoms with Gasteiger partial charge in [0, 0.05) is 23.1 Å². The van der Waals surface area contributed by atoms with E-state index in [1.807, 2.05) is 6.07 Å². The van der Waals surface area contributed by atoms with E-state index in [2.05, 4.69) is 42.1 Å². The molecule has 1 aromatic rings. The van der Waals surface area contributed by atoms with Crippen molar-refractivity contribution in [3.63, 3.8) is 0 Å². The fourth-order valence-corrected chi connectivity index (χ4v) is 4.69. The molecule has 0 radical (unpaired) electrons. The van der Waals surface area contributed by atoms with Crippen LogP contribution in [0.4, 0.5) is 0 Å². The third-order valence-corrected chi connectivity index (χ3v) is 7.18. The van der Waals surface area contributed by atoms with Crippen molar-refractivity contribution in [1.82, 2.24) is 10.2 Å². The van der Waals surface area contributed by atoms with Gasteiger partial charge in [0.2, 0.25) is 0 Å². The molecule has 0 bridgehead atoms. The molecule has 1 atom stereocenters. The SMILES string of the molecule is O=C(c1cc(Br)c(Br)s1)N(CC1CCCCN1)C1CC1. The maximum Gasteiger partial charge on any atom is 0.264 e. The van der Waals surface area contributed by atoms with Gasteiger partial charge in [-0.25, -0.2) is 0 Å². The summed E-state index contributed by atoms with van der Waals surface area (Å²) in [5, 5.41) is 3.55. The van der Waals surface area contributed by atoms with Gasteiger partial charge in [-0.2, -0.15) is 0 Å². The molecule has 1 unspecified atom stereocenters. The van der Waals surface area contributed by atoms with Crippen LogP contribution in [-0.2, 0) is 0 Å². The summed E-state index contributed by atoms with van der Waals surface area (Å²) in [5.74, 6) is 0.191. The van der Waals surface area contributed by atoms with Crippen LogP contribution in [0.3, 0.4) is 0 Å². The number of nitrogens with zero attached hydrogens (tertiary/aromatic N) is 1. The number of nitrogens with one attached hydrogen (secondary N) is 1. The smallest absolute Gasteiger partial charge is 0.264 e. The number of hydrogen-bond acceptors (Lipinski definition) is 3. The first-order valence-corrected chi connectivity index (χ1v) is 9.54. The Morgan fingerprint density at radius 3 is 2.70 bits per heavy atom. The van der Waals surface area contributed by atoms with Crippen molar-refractivity contribution < 1.29 is 4.79 Å². The van der Waals surface area contributed by atoms with Crippen LogP contribution in [0.1, 0.15) is 41.8 Å². The lowest BCUT2D eigenvalue weighted by Gasteiger charge is -2.30. The van der Waals surface area contributed by atoms with Crippen LogP contribution in [-0.4, -0.2) is 36.0 Å². The lowest BCUT2D eigenvalue weighted by Crippen LogP contribution is -2.46. The number of thiophene rings is 1. The first-order chi connectivity index (χ1) is 9.65. The van der Waals surface area contributed by atoms with E-state index in [0.29, 0.717) is 12.1 Å². The number of carbonyl (C=O) groups excluding carboxylic acids is 1. The van der Waals surface area contributed by atoms with E-state index in [9.17, 15) is 4.79 Å². The normalized spacial score (nSPS) is 22.8. The molecule has 0 spiro atoms. The summed E-state index contributed by atoms with van der Waals surface area (Å²) in [4.78, 5) is 15.6. The summed E-state index contributed by atoms with van der Waals surface area (Å²) in [6.07, 6.45) is 6.05. The third kappa shape index (κ3) is 3.46. The Balaban J connectivity index is 1.71. The van der Waals surface area contributed by atoms with Crippen LogP contribution in [0.15, 0.2) is 14.3 Å². The monoisotopic (exact) mass is 420 g/mol. The molecule has 20 heavy (non-hydrogen) atoms. The number of rotatable bonds is 4. The number of piperidine rings is 1.